The average molecular weight is 341 g/mol. The molecule has 1 aromatic carbocycles. The van der Waals surface area contributed by atoms with Gasteiger partial charge in [-0.25, -0.2) is 0 Å². The van der Waals surface area contributed by atoms with E-state index >= 15 is 0 Å². The van der Waals surface area contributed by atoms with Crippen molar-refractivity contribution >= 4 is 27.6 Å². The van der Waals surface area contributed by atoms with Crippen molar-refractivity contribution in [3.8, 4) is 0 Å². The maximum absolute atomic E-state index is 11.7. The van der Waals surface area contributed by atoms with E-state index in [1.165, 1.54) is 5.56 Å². The summed E-state index contributed by atoms with van der Waals surface area (Å²) >= 11 is 0. The van der Waals surface area contributed by atoms with Crippen molar-refractivity contribution in [3.05, 3.63) is 35.4 Å². The van der Waals surface area contributed by atoms with Gasteiger partial charge < -0.3 is 4.74 Å². The first-order chi connectivity index (χ1) is 10.1. The van der Waals surface area contributed by atoms with Crippen LogP contribution in [0.4, 0.5) is 0 Å². The molecule has 1 rings (SSSR count). The van der Waals surface area contributed by atoms with E-state index in [9.17, 15) is 4.79 Å². The van der Waals surface area contributed by atoms with Crippen molar-refractivity contribution in [2.24, 2.45) is 5.41 Å². The molecule has 0 aliphatic rings. The van der Waals surface area contributed by atoms with E-state index < -0.39 is 0 Å². The normalized spacial score (nSPS) is 12.3. The molecule has 0 heterocycles. The van der Waals surface area contributed by atoms with Crippen molar-refractivity contribution < 1.29 is 9.53 Å². The van der Waals surface area contributed by atoms with Crippen molar-refractivity contribution in [2.45, 2.75) is 53.6 Å². The molecule has 0 N–H and O–H groups in total. The minimum Gasteiger partial charge on any atom is -0.460 e. The number of benzene rings is 1. The SMILES string of the molecule is CC(C)(C)CSSCC(=O)OCc1ccc(C(C)(C)C)cc1. The van der Waals surface area contributed by atoms with Crippen LogP contribution in [0.5, 0.6) is 0 Å². The highest BCUT2D eigenvalue weighted by molar-refractivity contribution is 8.76. The summed E-state index contributed by atoms with van der Waals surface area (Å²) < 4.78 is 5.31. The number of esters is 1. The van der Waals surface area contributed by atoms with Gasteiger partial charge in [0.25, 0.3) is 0 Å². The third-order valence-corrected chi connectivity index (χ3v) is 5.68. The first kappa shape index (κ1) is 19.4. The van der Waals surface area contributed by atoms with Gasteiger partial charge in [0, 0.05) is 5.75 Å². The van der Waals surface area contributed by atoms with Gasteiger partial charge in [0.1, 0.15) is 12.4 Å². The molecular formula is C18H28O2S2. The first-order valence-electron chi connectivity index (χ1n) is 7.57. The van der Waals surface area contributed by atoms with E-state index in [2.05, 4.69) is 53.7 Å². The van der Waals surface area contributed by atoms with Crippen molar-refractivity contribution in [1.82, 2.24) is 0 Å². The lowest BCUT2D eigenvalue weighted by atomic mass is 9.87. The zero-order chi connectivity index (χ0) is 16.8. The van der Waals surface area contributed by atoms with Crippen LogP contribution in [-0.2, 0) is 21.6 Å². The molecular weight excluding hydrogens is 312 g/mol. The minimum atomic E-state index is -0.147. The first-order valence-corrected chi connectivity index (χ1v) is 10.1. The van der Waals surface area contributed by atoms with Gasteiger partial charge in [-0.1, -0.05) is 87.4 Å². The molecule has 0 amide bonds. The lowest BCUT2D eigenvalue weighted by Gasteiger charge is -2.19. The lowest BCUT2D eigenvalue weighted by Crippen LogP contribution is -2.11. The van der Waals surface area contributed by atoms with E-state index in [0.717, 1.165) is 11.3 Å². The highest BCUT2D eigenvalue weighted by Crippen LogP contribution is 2.29. The second-order valence-electron chi connectivity index (χ2n) is 7.69. The van der Waals surface area contributed by atoms with Gasteiger partial charge in [0.2, 0.25) is 0 Å². The molecule has 4 heteroatoms. The molecule has 0 atom stereocenters. The second kappa shape index (κ2) is 8.30. The van der Waals surface area contributed by atoms with Crippen LogP contribution in [-0.4, -0.2) is 17.5 Å². The van der Waals surface area contributed by atoms with Crippen LogP contribution >= 0.6 is 21.6 Å². The van der Waals surface area contributed by atoms with Crippen molar-refractivity contribution in [3.63, 3.8) is 0 Å². The van der Waals surface area contributed by atoms with Gasteiger partial charge in [-0.3, -0.25) is 4.79 Å². The third kappa shape index (κ3) is 8.14. The van der Waals surface area contributed by atoms with Gasteiger partial charge in [0.15, 0.2) is 0 Å². The van der Waals surface area contributed by atoms with Crippen LogP contribution in [0, 0.1) is 5.41 Å². The fourth-order valence-corrected chi connectivity index (χ4v) is 4.16. The lowest BCUT2D eigenvalue weighted by molar-refractivity contribution is -0.141. The van der Waals surface area contributed by atoms with Crippen molar-refractivity contribution in [1.29, 1.82) is 0 Å². The zero-order valence-corrected chi connectivity index (χ0v) is 16.2. The topological polar surface area (TPSA) is 26.3 Å². The Morgan fingerprint density at radius 1 is 1.00 bits per heavy atom. The largest absolute Gasteiger partial charge is 0.460 e. The van der Waals surface area contributed by atoms with E-state index in [1.807, 2.05) is 12.1 Å². The molecule has 0 aliphatic heterocycles. The Labute approximate surface area is 143 Å². The predicted molar refractivity (Wildman–Crippen MR) is 99.3 cm³/mol. The summed E-state index contributed by atoms with van der Waals surface area (Å²) in [4.78, 5) is 11.7. The van der Waals surface area contributed by atoms with Gasteiger partial charge in [-0.05, 0) is 22.0 Å². The molecule has 0 saturated heterocycles. The average Bonchev–Trinajstić information content (AvgIpc) is 2.40. The highest BCUT2D eigenvalue weighted by atomic mass is 33.1. The summed E-state index contributed by atoms with van der Waals surface area (Å²) in [7, 11) is 3.30. The molecule has 22 heavy (non-hydrogen) atoms. The molecule has 2 nitrogen and oxygen atoms in total. The molecule has 0 spiro atoms. The van der Waals surface area contributed by atoms with Gasteiger partial charge in [0.05, 0.1) is 0 Å². The van der Waals surface area contributed by atoms with Crippen LogP contribution in [0.2, 0.25) is 0 Å². The number of carbonyl (C=O) groups excluding carboxylic acids is 1. The Morgan fingerprint density at radius 3 is 2.09 bits per heavy atom. The van der Waals surface area contributed by atoms with E-state index in [0.29, 0.717) is 12.4 Å². The van der Waals surface area contributed by atoms with Crippen LogP contribution < -0.4 is 0 Å². The molecule has 0 saturated carbocycles. The Kier molecular flexibility index (Phi) is 7.33. The molecule has 0 radical (unpaired) electrons. The summed E-state index contributed by atoms with van der Waals surface area (Å²) in [6, 6.07) is 8.29. The van der Waals surface area contributed by atoms with Crippen LogP contribution in [0.3, 0.4) is 0 Å². The van der Waals surface area contributed by atoms with E-state index in [-0.39, 0.29) is 16.8 Å². The summed E-state index contributed by atoms with van der Waals surface area (Å²) in [6.07, 6.45) is 0. The Morgan fingerprint density at radius 2 is 1.59 bits per heavy atom. The number of hydrogen-bond acceptors (Lipinski definition) is 4. The minimum absolute atomic E-state index is 0.147. The number of carbonyl (C=O) groups is 1. The van der Waals surface area contributed by atoms with Crippen LogP contribution in [0.15, 0.2) is 24.3 Å². The molecule has 0 aromatic heterocycles. The Bertz CT molecular complexity index is 467. The fraction of sp³-hybridized carbons (Fsp3) is 0.611. The molecule has 0 unspecified atom stereocenters. The predicted octanol–water partition coefficient (Wildman–Crippen LogP) is 5.45. The molecule has 124 valence electrons. The molecule has 0 bridgehead atoms. The molecule has 0 aliphatic carbocycles. The van der Waals surface area contributed by atoms with Crippen LogP contribution in [0.1, 0.15) is 52.7 Å². The Hall–Kier alpha value is -0.610. The van der Waals surface area contributed by atoms with Gasteiger partial charge in [-0.2, -0.15) is 0 Å². The summed E-state index contributed by atoms with van der Waals surface area (Å²) in [5, 5.41) is 0. The summed E-state index contributed by atoms with van der Waals surface area (Å²) in [5.74, 6) is 1.28. The number of rotatable bonds is 6. The maximum Gasteiger partial charge on any atom is 0.317 e. The number of hydrogen-bond donors (Lipinski definition) is 0. The van der Waals surface area contributed by atoms with Gasteiger partial charge in [-0.15, -0.1) is 0 Å². The summed E-state index contributed by atoms with van der Waals surface area (Å²) in [5.41, 5.74) is 2.76. The van der Waals surface area contributed by atoms with Gasteiger partial charge >= 0.3 is 5.97 Å². The van der Waals surface area contributed by atoms with Crippen LogP contribution in [0.25, 0.3) is 0 Å². The zero-order valence-electron chi connectivity index (χ0n) is 14.6. The third-order valence-electron chi connectivity index (χ3n) is 2.97. The molecule has 1 aromatic rings. The monoisotopic (exact) mass is 340 g/mol. The smallest absolute Gasteiger partial charge is 0.317 e. The van der Waals surface area contributed by atoms with E-state index in [1.54, 1.807) is 21.6 Å². The maximum atomic E-state index is 11.7. The standard InChI is InChI=1S/C18H28O2S2/c1-17(2,3)13-22-21-12-16(19)20-11-14-7-9-15(10-8-14)18(4,5)6/h7-10H,11-13H2,1-6H3. The summed E-state index contributed by atoms with van der Waals surface area (Å²) in [6.45, 7) is 13.5. The Balaban J connectivity index is 2.29. The fourth-order valence-electron chi connectivity index (χ4n) is 1.61. The highest BCUT2D eigenvalue weighted by Gasteiger charge is 2.13. The number of ether oxygens (including phenoxy) is 1. The second-order valence-corrected chi connectivity index (χ2v) is 10.2. The molecule has 0 fully saturated rings. The quantitative estimate of drug-likeness (QED) is 0.390. The van der Waals surface area contributed by atoms with E-state index in [4.69, 9.17) is 4.74 Å². The van der Waals surface area contributed by atoms with Crippen molar-refractivity contribution in [2.75, 3.05) is 11.5 Å².